The first-order chi connectivity index (χ1) is 8.83. The van der Waals surface area contributed by atoms with Crippen molar-refractivity contribution < 1.29 is 14.3 Å². The van der Waals surface area contributed by atoms with Gasteiger partial charge in [0.25, 0.3) is 0 Å². The van der Waals surface area contributed by atoms with Crippen molar-refractivity contribution in [3.05, 3.63) is 24.3 Å². The van der Waals surface area contributed by atoms with Crippen molar-refractivity contribution in [1.82, 2.24) is 0 Å². The first kappa shape index (κ1) is 15.1. The van der Waals surface area contributed by atoms with Crippen LogP contribution in [-0.4, -0.2) is 25.3 Å². The Balaban J connectivity index is 1.96. The van der Waals surface area contributed by atoms with E-state index in [2.05, 4.69) is 0 Å². The first-order valence-electron chi connectivity index (χ1n) is 6.88. The van der Waals surface area contributed by atoms with Crippen molar-refractivity contribution in [2.75, 3.05) is 13.2 Å². The number of carbonyl (C=O) groups excluding carboxylic acids is 1. The summed E-state index contributed by atoms with van der Waals surface area (Å²) in [5.41, 5.74) is 0. The Morgan fingerprint density at radius 2 is 2.22 bits per heavy atom. The second-order valence-corrected chi connectivity index (χ2v) is 4.48. The van der Waals surface area contributed by atoms with Gasteiger partial charge in [-0.2, -0.15) is 0 Å². The molecule has 1 fully saturated rings. The molecule has 1 rings (SSSR count). The molecular weight excluding hydrogens is 228 g/mol. The number of allylic oxidation sites excluding steroid dienone is 4. The Morgan fingerprint density at radius 3 is 2.94 bits per heavy atom. The number of hydrogen-bond donors (Lipinski definition) is 0. The molecule has 0 aromatic heterocycles. The van der Waals surface area contributed by atoms with Crippen LogP contribution in [0.1, 0.15) is 45.4 Å². The monoisotopic (exact) mass is 252 g/mol. The van der Waals surface area contributed by atoms with E-state index >= 15 is 0 Å². The van der Waals surface area contributed by atoms with Crippen LogP contribution >= 0.6 is 0 Å². The van der Waals surface area contributed by atoms with Crippen LogP contribution in [0.2, 0.25) is 0 Å². The molecule has 0 aromatic rings. The highest BCUT2D eigenvalue weighted by atomic mass is 16.7. The summed E-state index contributed by atoms with van der Waals surface area (Å²) in [5.74, 6) is 0.182. The lowest BCUT2D eigenvalue weighted by Crippen LogP contribution is -2.22. The van der Waals surface area contributed by atoms with Gasteiger partial charge in [0.05, 0.1) is 0 Å². The van der Waals surface area contributed by atoms with Crippen molar-refractivity contribution in [1.29, 1.82) is 0 Å². The lowest BCUT2D eigenvalue weighted by atomic mass is 10.1. The third-order valence-corrected chi connectivity index (χ3v) is 2.84. The third kappa shape index (κ3) is 7.41. The Kier molecular flexibility index (Phi) is 8.43. The fourth-order valence-electron chi connectivity index (χ4n) is 1.82. The molecule has 0 N–H and O–H groups in total. The fourth-order valence-corrected chi connectivity index (χ4v) is 1.82. The average Bonchev–Trinajstić information content (AvgIpc) is 2.40. The second-order valence-electron chi connectivity index (χ2n) is 4.48. The topological polar surface area (TPSA) is 35.5 Å². The Hall–Kier alpha value is -0.930. The van der Waals surface area contributed by atoms with Gasteiger partial charge in [-0.25, -0.2) is 0 Å². The van der Waals surface area contributed by atoms with Gasteiger partial charge in [-0.05, 0) is 45.1 Å². The summed E-state index contributed by atoms with van der Waals surface area (Å²) in [4.78, 5) is 11.4. The van der Waals surface area contributed by atoms with Crippen molar-refractivity contribution in [2.45, 2.75) is 51.7 Å². The smallest absolute Gasteiger partial charge is 0.157 e. The molecule has 18 heavy (non-hydrogen) atoms. The molecule has 1 atom stereocenters. The van der Waals surface area contributed by atoms with Gasteiger partial charge in [0, 0.05) is 19.6 Å². The second kappa shape index (κ2) is 10.0. The Morgan fingerprint density at radius 1 is 1.33 bits per heavy atom. The van der Waals surface area contributed by atoms with Crippen molar-refractivity contribution in [3.8, 4) is 0 Å². The zero-order valence-electron chi connectivity index (χ0n) is 11.3. The van der Waals surface area contributed by atoms with E-state index in [0.717, 1.165) is 32.3 Å². The zero-order valence-corrected chi connectivity index (χ0v) is 11.3. The molecule has 0 amide bonds. The lowest BCUT2D eigenvalue weighted by molar-refractivity contribution is -0.162. The van der Waals surface area contributed by atoms with E-state index in [1.54, 1.807) is 12.2 Å². The van der Waals surface area contributed by atoms with Gasteiger partial charge in [0.15, 0.2) is 12.1 Å². The minimum atomic E-state index is -0.0101. The maximum absolute atomic E-state index is 11.4. The summed E-state index contributed by atoms with van der Waals surface area (Å²) < 4.78 is 11.1. The standard InChI is InChI=1S/C15H24O3/c1-2-3-4-9-14(16)10-5-7-12-17-15-11-6-8-13-18-15/h2-4,9,15H,5-8,10-13H2,1H3/b3-2+,9-4+. The SMILES string of the molecule is C/C=C/C=C/C(=O)CCCCOC1CCCCO1. The quantitative estimate of drug-likeness (QED) is 0.377. The van der Waals surface area contributed by atoms with E-state index in [-0.39, 0.29) is 12.1 Å². The number of ketones is 1. The van der Waals surface area contributed by atoms with Crippen LogP contribution in [-0.2, 0) is 14.3 Å². The molecule has 1 aliphatic rings. The van der Waals surface area contributed by atoms with E-state index in [9.17, 15) is 4.79 Å². The number of unbranched alkanes of at least 4 members (excludes halogenated alkanes) is 1. The molecule has 1 unspecified atom stereocenters. The molecule has 3 heteroatoms. The van der Waals surface area contributed by atoms with Gasteiger partial charge in [0.1, 0.15) is 0 Å². The minimum Gasteiger partial charge on any atom is -0.353 e. The number of carbonyl (C=O) groups is 1. The first-order valence-corrected chi connectivity index (χ1v) is 6.88. The average molecular weight is 252 g/mol. The van der Waals surface area contributed by atoms with Crippen LogP contribution in [0.4, 0.5) is 0 Å². The summed E-state index contributed by atoms with van der Waals surface area (Å²) >= 11 is 0. The molecule has 102 valence electrons. The molecule has 0 radical (unpaired) electrons. The summed E-state index contributed by atoms with van der Waals surface area (Å²) in [5, 5.41) is 0. The maximum Gasteiger partial charge on any atom is 0.157 e. The van der Waals surface area contributed by atoms with Gasteiger partial charge < -0.3 is 9.47 Å². The maximum atomic E-state index is 11.4. The molecule has 1 heterocycles. The van der Waals surface area contributed by atoms with Crippen LogP contribution in [0.5, 0.6) is 0 Å². The van der Waals surface area contributed by atoms with Gasteiger partial charge in [0.2, 0.25) is 0 Å². The largest absolute Gasteiger partial charge is 0.353 e. The highest BCUT2D eigenvalue weighted by molar-refractivity contribution is 5.89. The third-order valence-electron chi connectivity index (χ3n) is 2.84. The molecule has 1 saturated heterocycles. The van der Waals surface area contributed by atoms with Gasteiger partial charge in [-0.15, -0.1) is 0 Å². The van der Waals surface area contributed by atoms with Crippen molar-refractivity contribution >= 4 is 5.78 Å². The van der Waals surface area contributed by atoms with Crippen LogP contribution in [0, 0.1) is 0 Å². The predicted molar refractivity (Wildman–Crippen MR) is 72.4 cm³/mol. The zero-order chi connectivity index (χ0) is 13.1. The lowest BCUT2D eigenvalue weighted by Gasteiger charge is -2.22. The van der Waals surface area contributed by atoms with E-state index in [0.29, 0.717) is 13.0 Å². The molecule has 0 aliphatic carbocycles. The molecule has 1 aliphatic heterocycles. The fraction of sp³-hybridized carbons (Fsp3) is 0.667. The van der Waals surface area contributed by atoms with E-state index < -0.39 is 0 Å². The summed E-state index contributed by atoms with van der Waals surface area (Å²) in [6, 6.07) is 0. The minimum absolute atomic E-state index is 0.0101. The van der Waals surface area contributed by atoms with E-state index in [1.165, 1.54) is 6.42 Å². The number of hydrogen-bond acceptors (Lipinski definition) is 3. The summed E-state index contributed by atoms with van der Waals surface area (Å²) in [7, 11) is 0. The van der Waals surface area contributed by atoms with Crippen LogP contribution in [0.3, 0.4) is 0 Å². The predicted octanol–water partition coefficient (Wildman–Crippen LogP) is 3.40. The Labute approximate surface area is 110 Å². The van der Waals surface area contributed by atoms with Gasteiger partial charge in [-0.3, -0.25) is 4.79 Å². The number of rotatable bonds is 8. The summed E-state index contributed by atoms with van der Waals surface area (Å²) in [6.07, 6.45) is 12.9. The van der Waals surface area contributed by atoms with Crippen molar-refractivity contribution in [3.63, 3.8) is 0 Å². The normalized spacial score (nSPS) is 20.8. The van der Waals surface area contributed by atoms with E-state index in [4.69, 9.17) is 9.47 Å². The van der Waals surface area contributed by atoms with Crippen molar-refractivity contribution in [2.24, 2.45) is 0 Å². The number of ether oxygens (including phenoxy) is 2. The summed E-state index contributed by atoms with van der Waals surface area (Å²) in [6.45, 7) is 3.44. The molecule has 0 aromatic carbocycles. The van der Waals surface area contributed by atoms with Crippen LogP contribution < -0.4 is 0 Å². The highest BCUT2D eigenvalue weighted by Crippen LogP contribution is 2.14. The molecular formula is C15H24O3. The van der Waals surface area contributed by atoms with Crippen LogP contribution in [0.15, 0.2) is 24.3 Å². The Bertz CT molecular complexity index is 275. The highest BCUT2D eigenvalue weighted by Gasteiger charge is 2.13. The molecule has 0 saturated carbocycles. The van der Waals surface area contributed by atoms with Gasteiger partial charge in [-0.1, -0.05) is 18.2 Å². The van der Waals surface area contributed by atoms with Gasteiger partial charge >= 0.3 is 0 Å². The molecule has 0 bridgehead atoms. The van der Waals surface area contributed by atoms with Crippen LogP contribution in [0.25, 0.3) is 0 Å². The van der Waals surface area contributed by atoms with E-state index in [1.807, 2.05) is 19.1 Å². The molecule has 3 nitrogen and oxygen atoms in total. The molecule has 0 spiro atoms.